The average Bonchev–Trinajstić information content (AvgIpc) is 3.51. The lowest BCUT2D eigenvalue weighted by atomic mass is 10.1. The zero-order valence-corrected chi connectivity index (χ0v) is 23.1. The molecule has 2 fully saturated rings. The number of nitrogens with zero attached hydrogens (tertiary/aromatic N) is 7. The molecule has 2 saturated heterocycles. The van der Waals surface area contributed by atoms with E-state index in [0.717, 1.165) is 44.8 Å². The molecular formula is C27H34N8O6. The third-order valence-corrected chi connectivity index (χ3v) is 7.17. The first-order valence-electron chi connectivity index (χ1n) is 13.9. The Morgan fingerprint density at radius 3 is 2.54 bits per heavy atom. The van der Waals surface area contributed by atoms with E-state index in [2.05, 4.69) is 25.2 Å². The Morgan fingerprint density at radius 1 is 1.02 bits per heavy atom. The SMILES string of the molecule is COc1c(OCCCN2CCOCC2)ccc2c1N=C(NC(=O)Oc1cnc(N3CCOCC3)nc1)N1CCN=C21. The lowest BCUT2D eigenvalue weighted by Gasteiger charge is -2.28. The van der Waals surface area contributed by atoms with E-state index >= 15 is 0 Å². The number of aromatic nitrogens is 2. The van der Waals surface area contributed by atoms with Crippen LogP contribution in [0.2, 0.25) is 0 Å². The second-order valence-corrected chi connectivity index (χ2v) is 9.77. The van der Waals surface area contributed by atoms with Crippen molar-refractivity contribution in [2.24, 2.45) is 9.98 Å². The van der Waals surface area contributed by atoms with Crippen LogP contribution in [0.4, 0.5) is 16.4 Å². The topological polar surface area (TPSA) is 135 Å². The molecule has 0 atom stereocenters. The summed E-state index contributed by atoms with van der Waals surface area (Å²) in [5.74, 6) is 2.87. The fourth-order valence-electron chi connectivity index (χ4n) is 5.11. The van der Waals surface area contributed by atoms with Crippen molar-refractivity contribution in [2.45, 2.75) is 6.42 Å². The van der Waals surface area contributed by atoms with Crippen LogP contribution in [0.5, 0.6) is 17.2 Å². The molecule has 1 amide bonds. The van der Waals surface area contributed by atoms with Gasteiger partial charge in [-0.1, -0.05) is 0 Å². The van der Waals surface area contributed by atoms with Gasteiger partial charge in [-0.3, -0.25) is 20.1 Å². The van der Waals surface area contributed by atoms with Crippen LogP contribution in [0, 0.1) is 0 Å². The summed E-state index contributed by atoms with van der Waals surface area (Å²) in [5, 5.41) is 2.76. The number of rotatable bonds is 8. The highest BCUT2D eigenvalue weighted by molar-refractivity contribution is 6.18. The fourth-order valence-corrected chi connectivity index (χ4v) is 5.11. The van der Waals surface area contributed by atoms with Crippen molar-refractivity contribution in [3.63, 3.8) is 0 Å². The van der Waals surface area contributed by atoms with Crippen LogP contribution in [0.25, 0.3) is 0 Å². The predicted octanol–water partition coefficient (Wildman–Crippen LogP) is 1.27. The lowest BCUT2D eigenvalue weighted by molar-refractivity contribution is 0.0357. The van der Waals surface area contributed by atoms with Gasteiger partial charge in [0.05, 0.1) is 59.1 Å². The molecule has 4 aliphatic heterocycles. The first-order valence-corrected chi connectivity index (χ1v) is 13.9. The molecule has 1 N–H and O–H groups in total. The zero-order chi connectivity index (χ0) is 28.0. The van der Waals surface area contributed by atoms with Gasteiger partial charge in [-0.15, -0.1) is 0 Å². The van der Waals surface area contributed by atoms with Gasteiger partial charge in [0.25, 0.3) is 0 Å². The summed E-state index contributed by atoms with van der Waals surface area (Å²) < 4.78 is 28.1. The first-order chi connectivity index (χ1) is 20.2. The monoisotopic (exact) mass is 566 g/mol. The minimum atomic E-state index is -0.712. The normalized spacial score (nSPS) is 18.7. The molecule has 6 rings (SSSR count). The number of morpholine rings is 2. The van der Waals surface area contributed by atoms with E-state index < -0.39 is 6.09 Å². The highest BCUT2D eigenvalue weighted by Crippen LogP contribution is 2.43. The maximum atomic E-state index is 12.9. The molecule has 0 unspecified atom stereocenters. The van der Waals surface area contributed by atoms with Crippen molar-refractivity contribution in [1.29, 1.82) is 0 Å². The van der Waals surface area contributed by atoms with Crippen LogP contribution in [0.3, 0.4) is 0 Å². The van der Waals surface area contributed by atoms with Gasteiger partial charge in [-0.2, -0.15) is 0 Å². The van der Waals surface area contributed by atoms with Gasteiger partial charge in [-0.05, 0) is 18.6 Å². The molecule has 4 aliphatic rings. The molecule has 1 aromatic carbocycles. The summed E-state index contributed by atoms with van der Waals surface area (Å²) in [4.78, 5) is 37.2. The Labute approximate surface area is 237 Å². The Morgan fingerprint density at radius 2 is 1.78 bits per heavy atom. The van der Waals surface area contributed by atoms with Crippen LogP contribution < -0.4 is 24.4 Å². The van der Waals surface area contributed by atoms with Crippen LogP contribution >= 0.6 is 0 Å². The number of methoxy groups -OCH3 is 1. The van der Waals surface area contributed by atoms with Gasteiger partial charge in [-0.25, -0.2) is 19.8 Å². The molecule has 0 radical (unpaired) electrons. The maximum absolute atomic E-state index is 12.9. The molecule has 1 aromatic heterocycles. The second-order valence-electron chi connectivity index (χ2n) is 9.77. The number of ether oxygens (including phenoxy) is 5. The summed E-state index contributed by atoms with van der Waals surface area (Å²) in [7, 11) is 1.58. The number of aliphatic imine (C=N–C) groups is 2. The van der Waals surface area contributed by atoms with E-state index in [1.807, 2.05) is 21.9 Å². The van der Waals surface area contributed by atoms with Gasteiger partial charge >= 0.3 is 6.09 Å². The summed E-state index contributed by atoms with van der Waals surface area (Å²) in [5.41, 5.74) is 1.36. The number of hydrogen-bond donors (Lipinski definition) is 1. The number of nitrogens with one attached hydrogen (secondary N) is 1. The maximum Gasteiger partial charge on any atom is 0.419 e. The molecule has 218 valence electrons. The van der Waals surface area contributed by atoms with Crippen LogP contribution in [0.15, 0.2) is 34.5 Å². The summed E-state index contributed by atoms with van der Waals surface area (Å²) in [6.07, 6.45) is 3.11. The molecule has 0 saturated carbocycles. The van der Waals surface area contributed by atoms with Crippen LogP contribution in [-0.2, 0) is 9.47 Å². The summed E-state index contributed by atoms with van der Waals surface area (Å²) >= 11 is 0. The largest absolute Gasteiger partial charge is 0.491 e. The van der Waals surface area contributed by atoms with Crippen LogP contribution in [0.1, 0.15) is 12.0 Å². The van der Waals surface area contributed by atoms with E-state index in [0.29, 0.717) is 80.9 Å². The molecule has 14 nitrogen and oxygen atoms in total. The molecular weight excluding hydrogens is 532 g/mol. The number of amidine groups is 1. The molecule has 0 bridgehead atoms. The number of guanidine groups is 1. The quantitative estimate of drug-likeness (QED) is 0.463. The van der Waals surface area contributed by atoms with Crippen LogP contribution in [-0.4, -0.2) is 124 Å². The standard InChI is InChI=1S/C27H34N8O6/c1-37-23-21(40-12-2-6-33-8-13-38-14-9-33)4-3-20-22(23)31-26(35-7-5-28-24(20)35)32-27(36)41-19-17-29-25(30-18-19)34-10-15-39-16-11-34/h3-4,17-18H,2,5-16H2,1H3,(H,31,32,36). The van der Waals surface area contributed by atoms with Gasteiger partial charge in [0.2, 0.25) is 11.9 Å². The number of benzene rings is 1. The van der Waals surface area contributed by atoms with Crippen molar-refractivity contribution in [1.82, 2.24) is 25.1 Å². The zero-order valence-electron chi connectivity index (χ0n) is 23.1. The second kappa shape index (κ2) is 12.7. The molecule has 41 heavy (non-hydrogen) atoms. The Balaban J connectivity index is 1.13. The molecule has 0 aliphatic carbocycles. The van der Waals surface area contributed by atoms with Gasteiger partial charge in [0.1, 0.15) is 11.5 Å². The number of hydrogen-bond acceptors (Lipinski definition) is 13. The number of carbonyl (C=O) groups excluding carboxylic acids is 1. The molecule has 14 heteroatoms. The number of amides is 1. The smallest absolute Gasteiger partial charge is 0.419 e. The van der Waals surface area contributed by atoms with Gasteiger partial charge < -0.3 is 28.6 Å². The minimum absolute atomic E-state index is 0.219. The van der Waals surface area contributed by atoms with Crippen molar-refractivity contribution in [3.8, 4) is 17.2 Å². The lowest BCUT2D eigenvalue weighted by Crippen LogP contribution is -2.48. The average molecular weight is 567 g/mol. The van der Waals surface area contributed by atoms with E-state index in [-0.39, 0.29) is 5.75 Å². The Bertz CT molecular complexity index is 1290. The van der Waals surface area contributed by atoms with Gasteiger partial charge in [0.15, 0.2) is 17.2 Å². The minimum Gasteiger partial charge on any atom is -0.491 e. The van der Waals surface area contributed by atoms with E-state index in [9.17, 15) is 4.79 Å². The third-order valence-electron chi connectivity index (χ3n) is 7.17. The first kappa shape index (κ1) is 27.2. The molecule has 0 spiro atoms. The van der Waals surface area contributed by atoms with Crippen molar-refractivity contribution >= 4 is 29.5 Å². The van der Waals surface area contributed by atoms with Crippen molar-refractivity contribution in [3.05, 3.63) is 30.1 Å². The Hall–Kier alpha value is -4.01. The fraction of sp³-hybridized carbons (Fsp3) is 0.519. The highest BCUT2D eigenvalue weighted by atomic mass is 16.6. The number of anilines is 1. The number of fused-ring (bicyclic) bond motifs is 3. The Kier molecular flexibility index (Phi) is 8.39. The highest BCUT2D eigenvalue weighted by Gasteiger charge is 2.33. The summed E-state index contributed by atoms with van der Waals surface area (Å²) in [6, 6.07) is 3.81. The molecule has 2 aromatic rings. The predicted molar refractivity (Wildman–Crippen MR) is 150 cm³/mol. The van der Waals surface area contributed by atoms with E-state index in [4.69, 9.17) is 28.7 Å². The third kappa shape index (κ3) is 6.19. The van der Waals surface area contributed by atoms with Crippen molar-refractivity contribution < 1.29 is 28.5 Å². The van der Waals surface area contributed by atoms with Crippen molar-refractivity contribution in [2.75, 3.05) is 90.9 Å². The molecule has 5 heterocycles. The van der Waals surface area contributed by atoms with Gasteiger partial charge in [0, 0.05) is 44.8 Å². The number of carbonyl (C=O) groups is 1. The van der Waals surface area contributed by atoms with E-state index in [1.54, 1.807) is 7.11 Å². The van der Waals surface area contributed by atoms with E-state index in [1.165, 1.54) is 12.4 Å². The summed E-state index contributed by atoms with van der Waals surface area (Å²) in [6.45, 7) is 8.75.